The fourth-order valence-electron chi connectivity index (χ4n) is 4.21. The van der Waals surface area contributed by atoms with Gasteiger partial charge in [0.25, 0.3) is 0 Å². The first-order valence-electron chi connectivity index (χ1n) is 13.4. The van der Waals surface area contributed by atoms with E-state index in [0.717, 1.165) is 22.3 Å². The van der Waals surface area contributed by atoms with E-state index in [2.05, 4.69) is 10.6 Å². The van der Waals surface area contributed by atoms with Gasteiger partial charge in [0.2, 0.25) is 11.8 Å². The number of hydrogen-bond donors (Lipinski definition) is 2. The number of methoxy groups -OCH3 is 2. The van der Waals surface area contributed by atoms with E-state index >= 15 is 0 Å². The molecule has 0 fully saturated rings. The average molecular weight is 637 g/mol. The fourth-order valence-corrected chi connectivity index (χ4v) is 7.02. The molecule has 4 aromatic rings. The van der Waals surface area contributed by atoms with Gasteiger partial charge in [-0.1, -0.05) is 59.7 Å². The molecule has 4 rings (SSSR count). The Morgan fingerprint density at radius 1 is 0.651 bits per heavy atom. The second kappa shape index (κ2) is 15.0. The standard InChI is InChI=1S/C32H32N2O6S3/c1-19-5-9-21(10-6-19)23-17-42-29(27(23)31(37)39-3)33-25(35)13-15-41-16-14-26(36)34-30-28(32(38)40-4)24(18-43-30)22-11-7-20(2)8-12-22/h5-12,17-18H,13-16H2,1-4H3,(H,33,35)(H,34,36). The number of benzene rings is 2. The molecule has 2 aromatic carbocycles. The molecule has 11 heteroatoms. The lowest BCUT2D eigenvalue weighted by atomic mass is 10.0. The van der Waals surface area contributed by atoms with Gasteiger partial charge in [-0.05, 0) is 25.0 Å². The lowest BCUT2D eigenvalue weighted by Crippen LogP contribution is -2.16. The number of thioether (sulfide) groups is 1. The van der Waals surface area contributed by atoms with Gasteiger partial charge in [0.1, 0.15) is 21.1 Å². The number of aryl methyl sites for hydroxylation is 2. The normalized spacial score (nSPS) is 10.7. The maximum Gasteiger partial charge on any atom is 0.341 e. The predicted octanol–water partition coefficient (Wildman–Crippen LogP) is 7.42. The monoisotopic (exact) mass is 636 g/mol. The number of esters is 2. The average Bonchev–Trinajstić information content (AvgIpc) is 3.61. The van der Waals surface area contributed by atoms with Crippen LogP contribution in [0.1, 0.15) is 44.7 Å². The number of rotatable bonds is 12. The fraction of sp³-hybridized carbons (Fsp3) is 0.250. The second-order valence-electron chi connectivity index (χ2n) is 9.63. The van der Waals surface area contributed by atoms with Gasteiger partial charge in [-0.25, -0.2) is 9.59 Å². The molecular weight excluding hydrogens is 605 g/mol. The van der Waals surface area contributed by atoms with Crippen LogP contribution in [0.4, 0.5) is 10.0 Å². The van der Waals surface area contributed by atoms with Gasteiger partial charge in [-0.3, -0.25) is 9.59 Å². The third kappa shape index (κ3) is 8.13. The Morgan fingerprint density at radius 2 is 1.02 bits per heavy atom. The Hall–Kier alpha value is -3.93. The summed E-state index contributed by atoms with van der Waals surface area (Å²) >= 11 is 4.02. The van der Waals surface area contributed by atoms with Crippen LogP contribution < -0.4 is 10.6 Å². The lowest BCUT2D eigenvalue weighted by molar-refractivity contribution is -0.116. The molecule has 2 heterocycles. The Balaban J connectivity index is 1.28. The molecule has 0 aliphatic heterocycles. The Bertz CT molecular complexity index is 1490. The van der Waals surface area contributed by atoms with Crippen LogP contribution in [0.3, 0.4) is 0 Å². The van der Waals surface area contributed by atoms with Crippen LogP contribution in [0.5, 0.6) is 0 Å². The van der Waals surface area contributed by atoms with Gasteiger partial charge in [-0.15, -0.1) is 22.7 Å². The van der Waals surface area contributed by atoms with Crippen LogP contribution in [0.15, 0.2) is 59.3 Å². The number of hydrogen-bond acceptors (Lipinski definition) is 9. The zero-order chi connectivity index (χ0) is 30.9. The lowest BCUT2D eigenvalue weighted by Gasteiger charge is -2.09. The predicted molar refractivity (Wildman–Crippen MR) is 175 cm³/mol. The first kappa shape index (κ1) is 32.0. The van der Waals surface area contributed by atoms with Gasteiger partial charge in [0, 0.05) is 46.2 Å². The van der Waals surface area contributed by atoms with Gasteiger partial charge in [-0.2, -0.15) is 11.8 Å². The number of amides is 2. The van der Waals surface area contributed by atoms with Crippen molar-refractivity contribution in [2.75, 3.05) is 36.4 Å². The molecule has 0 aliphatic carbocycles. The Morgan fingerprint density at radius 3 is 1.37 bits per heavy atom. The third-order valence-corrected chi connectivity index (χ3v) is 9.32. The number of carbonyl (C=O) groups is 4. The van der Waals surface area contributed by atoms with Crippen LogP contribution in [-0.2, 0) is 19.1 Å². The molecule has 0 saturated heterocycles. The minimum absolute atomic E-state index is 0.210. The molecule has 0 radical (unpaired) electrons. The molecule has 0 saturated carbocycles. The van der Waals surface area contributed by atoms with E-state index in [1.165, 1.54) is 48.7 Å². The third-order valence-electron chi connectivity index (χ3n) is 6.54. The summed E-state index contributed by atoms with van der Waals surface area (Å²) in [6, 6.07) is 15.6. The van der Waals surface area contributed by atoms with Gasteiger partial charge in [0.15, 0.2) is 0 Å². The van der Waals surface area contributed by atoms with Gasteiger partial charge < -0.3 is 20.1 Å². The van der Waals surface area contributed by atoms with Crippen molar-refractivity contribution in [3.63, 3.8) is 0 Å². The van der Waals surface area contributed by atoms with Crippen molar-refractivity contribution in [2.45, 2.75) is 26.7 Å². The highest BCUT2D eigenvalue weighted by Crippen LogP contribution is 2.37. The number of nitrogens with one attached hydrogen (secondary N) is 2. The smallest absolute Gasteiger partial charge is 0.341 e. The number of carbonyl (C=O) groups excluding carboxylic acids is 4. The Kier molecular flexibility index (Phi) is 11.2. The second-order valence-corrected chi connectivity index (χ2v) is 12.6. The van der Waals surface area contributed by atoms with E-state index in [1.807, 2.05) is 73.1 Å². The number of anilines is 2. The van der Waals surface area contributed by atoms with Crippen molar-refractivity contribution >= 4 is 68.2 Å². The molecule has 0 spiro atoms. The van der Waals surface area contributed by atoms with E-state index in [9.17, 15) is 19.2 Å². The molecule has 2 aromatic heterocycles. The zero-order valence-electron chi connectivity index (χ0n) is 24.3. The summed E-state index contributed by atoms with van der Waals surface area (Å²) in [4.78, 5) is 50.5. The maximum atomic E-state index is 12.7. The van der Waals surface area contributed by atoms with Crippen molar-refractivity contribution in [2.24, 2.45) is 0 Å². The summed E-state index contributed by atoms with van der Waals surface area (Å²) in [5, 5.41) is 10.2. The Labute approximate surface area is 262 Å². The first-order chi connectivity index (χ1) is 20.7. The summed E-state index contributed by atoms with van der Waals surface area (Å²) in [6.07, 6.45) is 0.421. The number of thiophene rings is 2. The molecular formula is C32H32N2O6S3. The molecule has 2 N–H and O–H groups in total. The maximum absolute atomic E-state index is 12.7. The van der Waals surface area contributed by atoms with E-state index in [0.29, 0.717) is 43.8 Å². The van der Waals surface area contributed by atoms with Crippen molar-refractivity contribution in [1.82, 2.24) is 0 Å². The highest BCUT2D eigenvalue weighted by atomic mass is 32.2. The topological polar surface area (TPSA) is 111 Å². The zero-order valence-corrected chi connectivity index (χ0v) is 26.7. The molecule has 2 amide bonds. The van der Waals surface area contributed by atoms with Crippen molar-refractivity contribution < 1.29 is 28.7 Å². The molecule has 43 heavy (non-hydrogen) atoms. The summed E-state index contributed by atoms with van der Waals surface area (Å²) in [7, 11) is 2.63. The highest BCUT2D eigenvalue weighted by Gasteiger charge is 2.23. The van der Waals surface area contributed by atoms with Crippen molar-refractivity contribution in [3.05, 3.63) is 81.5 Å². The molecule has 0 atom stereocenters. The van der Waals surface area contributed by atoms with Crippen LogP contribution in [0, 0.1) is 13.8 Å². The van der Waals surface area contributed by atoms with E-state index in [-0.39, 0.29) is 24.7 Å². The highest BCUT2D eigenvalue weighted by molar-refractivity contribution is 7.99. The van der Waals surface area contributed by atoms with Crippen LogP contribution >= 0.6 is 34.4 Å². The van der Waals surface area contributed by atoms with E-state index in [4.69, 9.17) is 9.47 Å². The summed E-state index contributed by atoms with van der Waals surface area (Å²) in [5.74, 6) is -0.507. The van der Waals surface area contributed by atoms with E-state index in [1.54, 1.807) is 0 Å². The van der Waals surface area contributed by atoms with Crippen LogP contribution in [-0.4, -0.2) is 49.5 Å². The van der Waals surface area contributed by atoms with Crippen molar-refractivity contribution in [1.29, 1.82) is 0 Å². The minimum Gasteiger partial charge on any atom is -0.465 e. The van der Waals surface area contributed by atoms with E-state index < -0.39 is 11.9 Å². The summed E-state index contributed by atoms with van der Waals surface area (Å²) in [5.41, 5.74) is 6.02. The molecule has 0 bridgehead atoms. The molecule has 8 nitrogen and oxygen atoms in total. The molecule has 0 aliphatic rings. The van der Waals surface area contributed by atoms with Crippen LogP contribution in [0.2, 0.25) is 0 Å². The van der Waals surface area contributed by atoms with Gasteiger partial charge >= 0.3 is 11.9 Å². The van der Waals surface area contributed by atoms with Crippen molar-refractivity contribution in [3.8, 4) is 22.3 Å². The molecule has 224 valence electrons. The molecule has 0 unspecified atom stereocenters. The summed E-state index contributed by atoms with van der Waals surface area (Å²) in [6.45, 7) is 3.98. The largest absolute Gasteiger partial charge is 0.465 e. The SMILES string of the molecule is COC(=O)c1c(-c2ccc(C)cc2)csc1NC(=O)CCSCCC(=O)Nc1scc(-c2ccc(C)cc2)c1C(=O)OC. The minimum atomic E-state index is -0.514. The summed E-state index contributed by atoms with van der Waals surface area (Å²) < 4.78 is 9.97. The first-order valence-corrected chi connectivity index (χ1v) is 16.3. The van der Waals surface area contributed by atoms with Gasteiger partial charge in [0.05, 0.1) is 14.2 Å². The quantitative estimate of drug-likeness (QED) is 0.123. The van der Waals surface area contributed by atoms with Crippen LogP contribution in [0.25, 0.3) is 22.3 Å². The number of ether oxygens (including phenoxy) is 2.